The van der Waals surface area contributed by atoms with E-state index >= 15 is 0 Å². The summed E-state index contributed by atoms with van der Waals surface area (Å²) >= 11 is 0. The summed E-state index contributed by atoms with van der Waals surface area (Å²) in [5, 5.41) is 2.90. The fourth-order valence-corrected chi connectivity index (χ4v) is 2.75. The van der Waals surface area contributed by atoms with Gasteiger partial charge in [0.15, 0.2) is 0 Å². The Bertz CT molecular complexity index is 484. The molecule has 1 atom stereocenters. The maximum Gasteiger partial charge on any atom is 0.237 e. The molecule has 6 heteroatoms. The number of methoxy groups -OCH3 is 2. The number of hydrogen-bond acceptors (Lipinski definition) is 5. The second kappa shape index (κ2) is 8.74. The van der Waals surface area contributed by atoms with Crippen LogP contribution in [0.15, 0.2) is 24.3 Å². The third-order valence-corrected chi connectivity index (χ3v) is 4.28. The van der Waals surface area contributed by atoms with Crippen LogP contribution < -0.4 is 15.0 Å². The predicted octanol–water partition coefficient (Wildman–Crippen LogP) is 0.968. The van der Waals surface area contributed by atoms with Gasteiger partial charge in [-0.1, -0.05) is 0 Å². The van der Waals surface area contributed by atoms with Gasteiger partial charge >= 0.3 is 0 Å². The summed E-state index contributed by atoms with van der Waals surface area (Å²) in [6.45, 7) is 6.67. The van der Waals surface area contributed by atoms with Crippen molar-refractivity contribution in [3.8, 4) is 5.75 Å². The van der Waals surface area contributed by atoms with Gasteiger partial charge in [0.05, 0.1) is 19.8 Å². The SMILES string of the molecule is COCCNC(=O)[C@@H](C)N1CCN(c2ccc(OC)cc2)CC1. The van der Waals surface area contributed by atoms with E-state index in [1.807, 2.05) is 19.1 Å². The van der Waals surface area contributed by atoms with Crippen molar-refractivity contribution in [3.63, 3.8) is 0 Å². The number of carbonyl (C=O) groups is 1. The van der Waals surface area contributed by atoms with Crippen LogP contribution in [0.5, 0.6) is 5.75 Å². The van der Waals surface area contributed by atoms with Gasteiger partial charge in [-0.25, -0.2) is 0 Å². The molecule has 0 aromatic heterocycles. The first-order valence-corrected chi connectivity index (χ1v) is 8.05. The van der Waals surface area contributed by atoms with Crippen LogP contribution in [0.3, 0.4) is 0 Å². The van der Waals surface area contributed by atoms with Crippen LogP contribution in [-0.2, 0) is 9.53 Å². The topological polar surface area (TPSA) is 54.0 Å². The maximum absolute atomic E-state index is 12.1. The Hall–Kier alpha value is -1.79. The van der Waals surface area contributed by atoms with Gasteiger partial charge in [0.1, 0.15) is 5.75 Å². The highest BCUT2D eigenvalue weighted by Gasteiger charge is 2.25. The molecule has 6 nitrogen and oxygen atoms in total. The van der Waals surface area contributed by atoms with Crippen LogP contribution >= 0.6 is 0 Å². The van der Waals surface area contributed by atoms with Gasteiger partial charge in [-0.3, -0.25) is 9.69 Å². The molecule has 1 saturated heterocycles. The maximum atomic E-state index is 12.1. The molecule has 0 bridgehead atoms. The monoisotopic (exact) mass is 321 g/mol. The quantitative estimate of drug-likeness (QED) is 0.759. The predicted molar refractivity (Wildman–Crippen MR) is 91.1 cm³/mol. The van der Waals surface area contributed by atoms with Gasteiger partial charge in [-0.05, 0) is 31.2 Å². The number of benzene rings is 1. The van der Waals surface area contributed by atoms with E-state index in [-0.39, 0.29) is 11.9 Å². The summed E-state index contributed by atoms with van der Waals surface area (Å²) in [5.74, 6) is 0.939. The van der Waals surface area contributed by atoms with Crippen LogP contribution in [0.1, 0.15) is 6.92 Å². The second-order valence-corrected chi connectivity index (χ2v) is 5.68. The molecule has 1 aliphatic rings. The molecule has 1 fully saturated rings. The normalized spacial score (nSPS) is 16.9. The largest absolute Gasteiger partial charge is 0.497 e. The minimum Gasteiger partial charge on any atom is -0.497 e. The lowest BCUT2D eigenvalue weighted by Crippen LogP contribution is -2.54. The molecule has 1 amide bonds. The first-order chi connectivity index (χ1) is 11.2. The van der Waals surface area contributed by atoms with E-state index in [9.17, 15) is 4.79 Å². The summed E-state index contributed by atoms with van der Waals surface area (Å²) < 4.78 is 10.1. The molecule has 1 N–H and O–H groups in total. The molecule has 0 spiro atoms. The van der Waals surface area contributed by atoms with Gasteiger partial charge < -0.3 is 19.7 Å². The average molecular weight is 321 g/mol. The van der Waals surface area contributed by atoms with Gasteiger partial charge in [-0.15, -0.1) is 0 Å². The highest BCUT2D eigenvalue weighted by molar-refractivity contribution is 5.81. The highest BCUT2D eigenvalue weighted by atomic mass is 16.5. The zero-order valence-corrected chi connectivity index (χ0v) is 14.2. The lowest BCUT2D eigenvalue weighted by Gasteiger charge is -2.38. The Kier molecular flexibility index (Phi) is 6.67. The molecule has 0 radical (unpaired) electrons. The summed E-state index contributed by atoms with van der Waals surface area (Å²) in [4.78, 5) is 16.7. The number of piperazine rings is 1. The van der Waals surface area contributed by atoms with Gasteiger partial charge in [0.25, 0.3) is 0 Å². The first-order valence-electron chi connectivity index (χ1n) is 8.05. The van der Waals surface area contributed by atoms with Crippen molar-refractivity contribution < 1.29 is 14.3 Å². The highest BCUT2D eigenvalue weighted by Crippen LogP contribution is 2.21. The zero-order chi connectivity index (χ0) is 16.7. The molecule has 0 aliphatic carbocycles. The third-order valence-electron chi connectivity index (χ3n) is 4.28. The molecule has 1 aliphatic heterocycles. The lowest BCUT2D eigenvalue weighted by atomic mass is 10.2. The molecule has 128 valence electrons. The number of amides is 1. The van der Waals surface area contributed by atoms with E-state index in [1.54, 1.807) is 14.2 Å². The van der Waals surface area contributed by atoms with E-state index in [0.29, 0.717) is 13.2 Å². The molecule has 1 aromatic rings. The van der Waals surface area contributed by atoms with Gasteiger partial charge in [0, 0.05) is 45.5 Å². The van der Waals surface area contributed by atoms with Crippen LogP contribution in [0.25, 0.3) is 0 Å². The average Bonchev–Trinajstić information content (AvgIpc) is 2.61. The van der Waals surface area contributed by atoms with E-state index in [4.69, 9.17) is 9.47 Å². The number of nitrogens with one attached hydrogen (secondary N) is 1. The number of rotatable bonds is 7. The number of hydrogen-bond donors (Lipinski definition) is 1. The fraction of sp³-hybridized carbons (Fsp3) is 0.588. The van der Waals surface area contributed by atoms with Crippen molar-refractivity contribution in [1.29, 1.82) is 0 Å². The smallest absolute Gasteiger partial charge is 0.237 e. The van der Waals surface area contributed by atoms with Crippen LogP contribution in [0.4, 0.5) is 5.69 Å². The van der Waals surface area contributed by atoms with Crippen molar-refractivity contribution in [2.24, 2.45) is 0 Å². The van der Waals surface area contributed by atoms with Crippen molar-refractivity contribution in [2.75, 3.05) is 58.5 Å². The molecular formula is C17H27N3O3. The number of anilines is 1. The van der Waals surface area contributed by atoms with E-state index in [2.05, 4.69) is 27.2 Å². The molecule has 2 rings (SSSR count). The van der Waals surface area contributed by atoms with Crippen LogP contribution in [-0.4, -0.2) is 70.4 Å². The zero-order valence-electron chi connectivity index (χ0n) is 14.2. The van der Waals surface area contributed by atoms with Crippen molar-refractivity contribution in [1.82, 2.24) is 10.2 Å². The molecule has 1 heterocycles. The molecular weight excluding hydrogens is 294 g/mol. The Morgan fingerprint density at radius 3 is 2.39 bits per heavy atom. The molecule has 0 unspecified atom stereocenters. The standard InChI is InChI=1S/C17H27N3O3/c1-14(17(21)18-8-13-22-2)19-9-11-20(12-10-19)15-4-6-16(23-3)7-5-15/h4-7,14H,8-13H2,1-3H3,(H,18,21)/t14-/m1/s1. The lowest BCUT2D eigenvalue weighted by molar-refractivity contribution is -0.126. The summed E-state index contributed by atoms with van der Waals surface area (Å²) in [7, 11) is 3.31. The van der Waals surface area contributed by atoms with E-state index < -0.39 is 0 Å². The first kappa shape index (κ1) is 17.6. The van der Waals surface area contributed by atoms with Gasteiger partial charge in [-0.2, -0.15) is 0 Å². The molecule has 1 aromatic carbocycles. The van der Waals surface area contributed by atoms with Gasteiger partial charge in [0.2, 0.25) is 5.91 Å². The Morgan fingerprint density at radius 1 is 1.17 bits per heavy atom. The van der Waals surface area contributed by atoms with Crippen molar-refractivity contribution >= 4 is 11.6 Å². The number of ether oxygens (including phenoxy) is 2. The molecule has 0 saturated carbocycles. The number of carbonyl (C=O) groups excluding carboxylic acids is 1. The minimum absolute atomic E-state index is 0.0694. The van der Waals surface area contributed by atoms with Crippen molar-refractivity contribution in [3.05, 3.63) is 24.3 Å². The van der Waals surface area contributed by atoms with Crippen LogP contribution in [0.2, 0.25) is 0 Å². The summed E-state index contributed by atoms with van der Waals surface area (Å²) in [6.07, 6.45) is 0. The summed E-state index contributed by atoms with van der Waals surface area (Å²) in [5.41, 5.74) is 1.20. The Morgan fingerprint density at radius 2 is 1.83 bits per heavy atom. The van der Waals surface area contributed by atoms with E-state index in [0.717, 1.165) is 31.9 Å². The summed E-state index contributed by atoms with van der Waals surface area (Å²) in [6, 6.07) is 8.01. The van der Waals surface area contributed by atoms with Crippen LogP contribution in [0, 0.1) is 0 Å². The minimum atomic E-state index is -0.107. The molecule has 23 heavy (non-hydrogen) atoms. The fourth-order valence-electron chi connectivity index (χ4n) is 2.75. The van der Waals surface area contributed by atoms with E-state index in [1.165, 1.54) is 5.69 Å². The Labute approximate surface area is 138 Å². The number of nitrogens with zero attached hydrogens (tertiary/aromatic N) is 2. The third kappa shape index (κ3) is 4.84. The second-order valence-electron chi connectivity index (χ2n) is 5.68. The Balaban J connectivity index is 1.81. The van der Waals surface area contributed by atoms with Crippen molar-refractivity contribution in [2.45, 2.75) is 13.0 Å².